The minimum Gasteiger partial charge on any atom is -0.309 e. The van der Waals surface area contributed by atoms with Crippen molar-refractivity contribution in [3.05, 3.63) is 291 Å². The molecule has 2 nitrogen and oxygen atoms in total. The highest BCUT2D eigenvalue weighted by atomic mass is 15.0. The number of para-hydroxylation sites is 3. The standard InChI is InChI=1S/C72H48N2/c1-3-16-52(17-4-1)63-26-7-8-27-64(63)53-38-36-50(37-39-53)55-19-14-21-57(45-55)56-20-13-18-54(44-56)49-32-34-51(35-33-49)58-22-15-25-62(46-58)74-70-31-12-10-29-66(70)68-48-60(41-43-72(68)74)59-40-42-71-67(47-59)65-28-9-11-30-69(65)73(71)61-23-5-2-6-24-61/h1-48H. The van der Waals surface area contributed by atoms with Gasteiger partial charge in [0.1, 0.15) is 0 Å². The largest absolute Gasteiger partial charge is 0.309 e. The second-order valence-corrected chi connectivity index (χ2v) is 19.3. The maximum Gasteiger partial charge on any atom is 0.0541 e. The van der Waals surface area contributed by atoms with Crippen molar-refractivity contribution in [3.63, 3.8) is 0 Å². The van der Waals surface area contributed by atoms with Crippen molar-refractivity contribution < 1.29 is 0 Å². The number of nitrogens with zero attached hydrogens (tertiary/aromatic N) is 2. The van der Waals surface area contributed by atoms with Gasteiger partial charge in [0.05, 0.1) is 22.1 Å². The van der Waals surface area contributed by atoms with E-state index in [2.05, 4.69) is 300 Å². The zero-order chi connectivity index (χ0) is 49.0. The Labute approximate surface area is 431 Å². The SMILES string of the molecule is c1ccc(-c2ccccc2-c2ccc(-c3cccc(-c4cccc(-c5ccc(-c6cccc(-n7c8ccccc8c8cc(-c9ccc%10c(c9)c9ccccc9n%10-c9ccccc9)ccc87)c6)cc5)c4)c3)cc2)cc1. The molecule has 14 aromatic rings. The second kappa shape index (κ2) is 18.1. The lowest BCUT2D eigenvalue weighted by Gasteiger charge is -2.12. The summed E-state index contributed by atoms with van der Waals surface area (Å²) in [5.74, 6) is 0. The molecule has 0 bridgehead atoms. The fraction of sp³-hybridized carbons (Fsp3) is 0. The number of rotatable bonds is 9. The maximum absolute atomic E-state index is 2.42. The summed E-state index contributed by atoms with van der Waals surface area (Å²) in [5.41, 5.74) is 24.0. The molecule has 0 amide bonds. The minimum absolute atomic E-state index is 1.14. The molecule has 0 aliphatic carbocycles. The molecule has 0 aliphatic heterocycles. The molecule has 346 valence electrons. The van der Waals surface area contributed by atoms with Crippen molar-refractivity contribution in [1.29, 1.82) is 0 Å². The van der Waals surface area contributed by atoms with E-state index in [0.29, 0.717) is 0 Å². The highest BCUT2D eigenvalue weighted by Crippen LogP contribution is 2.40. The summed E-state index contributed by atoms with van der Waals surface area (Å²) in [6.45, 7) is 0. The highest BCUT2D eigenvalue weighted by molar-refractivity contribution is 6.13. The predicted molar refractivity (Wildman–Crippen MR) is 313 cm³/mol. The molecule has 12 aromatic carbocycles. The normalized spacial score (nSPS) is 11.5. The van der Waals surface area contributed by atoms with Crippen LogP contribution in [-0.2, 0) is 0 Å². The fourth-order valence-corrected chi connectivity index (χ4v) is 11.3. The van der Waals surface area contributed by atoms with E-state index >= 15 is 0 Å². The van der Waals surface area contributed by atoms with E-state index in [1.165, 1.54) is 127 Å². The lowest BCUT2D eigenvalue weighted by molar-refractivity contribution is 1.18. The molecule has 0 unspecified atom stereocenters. The molecule has 0 atom stereocenters. The van der Waals surface area contributed by atoms with Gasteiger partial charge in [-0.05, 0) is 151 Å². The summed E-state index contributed by atoms with van der Waals surface area (Å²) in [6, 6.07) is 106. The van der Waals surface area contributed by atoms with Crippen molar-refractivity contribution in [3.8, 4) is 89.3 Å². The third-order valence-electron chi connectivity index (χ3n) is 14.9. The van der Waals surface area contributed by atoms with Gasteiger partial charge in [-0.25, -0.2) is 0 Å². The summed E-state index contributed by atoms with van der Waals surface area (Å²) < 4.78 is 4.80. The molecule has 14 rings (SSSR count). The predicted octanol–water partition coefficient (Wildman–Crippen LogP) is 19.5. The average Bonchev–Trinajstić information content (AvgIpc) is 4.02. The highest BCUT2D eigenvalue weighted by Gasteiger charge is 2.17. The summed E-state index contributed by atoms with van der Waals surface area (Å²) in [5, 5.41) is 4.99. The Balaban J connectivity index is 0.740. The van der Waals surface area contributed by atoms with Crippen LogP contribution in [0.25, 0.3) is 133 Å². The quantitative estimate of drug-likeness (QED) is 0.136. The van der Waals surface area contributed by atoms with Crippen molar-refractivity contribution >= 4 is 43.6 Å². The van der Waals surface area contributed by atoms with Gasteiger partial charge in [0.2, 0.25) is 0 Å². The third kappa shape index (κ3) is 7.60. The average molecular weight is 941 g/mol. The first-order valence-corrected chi connectivity index (χ1v) is 25.5. The molecule has 0 aliphatic rings. The number of benzene rings is 12. The third-order valence-corrected chi connectivity index (χ3v) is 14.9. The number of fused-ring (bicyclic) bond motifs is 6. The van der Waals surface area contributed by atoms with E-state index in [0.717, 1.165) is 5.69 Å². The summed E-state index contributed by atoms with van der Waals surface area (Å²) in [7, 11) is 0. The Kier molecular flexibility index (Phi) is 10.6. The van der Waals surface area contributed by atoms with Gasteiger partial charge in [-0.3, -0.25) is 0 Å². The molecule has 74 heavy (non-hydrogen) atoms. The van der Waals surface area contributed by atoms with Gasteiger partial charge in [-0.1, -0.05) is 218 Å². The van der Waals surface area contributed by atoms with Crippen LogP contribution < -0.4 is 0 Å². The Hall–Kier alpha value is -9.76. The van der Waals surface area contributed by atoms with Crippen LogP contribution >= 0.6 is 0 Å². The van der Waals surface area contributed by atoms with Gasteiger partial charge in [-0.2, -0.15) is 0 Å². The van der Waals surface area contributed by atoms with Crippen LogP contribution in [0, 0.1) is 0 Å². The Bertz CT molecular complexity index is 4390. The van der Waals surface area contributed by atoms with Gasteiger partial charge < -0.3 is 9.13 Å². The number of hydrogen-bond acceptors (Lipinski definition) is 0. The Morgan fingerprint density at radius 2 is 0.473 bits per heavy atom. The van der Waals surface area contributed by atoms with Crippen molar-refractivity contribution in [2.75, 3.05) is 0 Å². The summed E-state index contributed by atoms with van der Waals surface area (Å²) >= 11 is 0. The monoisotopic (exact) mass is 940 g/mol. The van der Waals surface area contributed by atoms with Crippen molar-refractivity contribution in [2.24, 2.45) is 0 Å². The van der Waals surface area contributed by atoms with Crippen molar-refractivity contribution in [1.82, 2.24) is 9.13 Å². The van der Waals surface area contributed by atoms with Gasteiger partial charge >= 0.3 is 0 Å². The topological polar surface area (TPSA) is 9.86 Å². The number of aromatic nitrogens is 2. The lowest BCUT2D eigenvalue weighted by Crippen LogP contribution is -1.94. The maximum atomic E-state index is 2.42. The molecular weight excluding hydrogens is 893 g/mol. The van der Waals surface area contributed by atoms with Gasteiger partial charge in [0.15, 0.2) is 0 Å². The first kappa shape index (κ1) is 43.1. The molecule has 0 saturated carbocycles. The zero-order valence-corrected chi connectivity index (χ0v) is 40.6. The van der Waals surface area contributed by atoms with Gasteiger partial charge in [-0.15, -0.1) is 0 Å². The smallest absolute Gasteiger partial charge is 0.0541 e. The molecule has 0 spiro atoms. The van der Waals surface area contributed by atoms with E-state index in [-0.39, 0.29) is 0 Å². The van der Waals surface area contributed by atoms with Gasteiger partial charge in [0.25, 0.3) is 0 Å². The van der Waals surface area contributed by atoms with E-state index < -0.39 is 0 Å². The Morgan fingerprint density at radius 3 is 0.986 bits per heavy atom. The molecule has 0 saturated heterocycles. The second-order valence-electron chi connectivity index (χ2n) is 19.3. The molecule has 2 aromatic heterocycles. The lowest BCUT2D eigenvalue weighted by atomic mass is 9.92. The van der Waals surface area contributed by atoms with Crippen molar-refractivity contribution in [2.45, 2.75) is 0 Å². The van der Waals surface area contributed by atoms with Crippen LogP contribution in [-0.4, -0.2) is 9.13 Å². The van der Waals surface area contributed by atoms with E-state index in [1.54, 1.807) is 0 Å². The van der Waals surface area contributed by atoms with E-state index in [1.807, 2.05) is 0 Å². The summed E-state index contributed by atoms with van der Waals surface area (Å²) in [6.07, 6.45) is 0. The molecular formula is C72H48N2. The molecule has 0 radical (unpaired) electrons. The van der Waals surface area contributed by atoms with Crippen LogP contribution in [0.15, 0.2) is 291 Å². The zero-order valence-electron chi connectivity index (χ0n) is 40.6. The van der Waals surface area contributed by atoms with Crippen LogP contribution in [0.3, 0.4) is 0 Å². The molecule has 2 heterocycles. The first-order chi connectivity index (χ1) is 36.7. The summed E-state index contributed by atoms with van der Waals surface area (Å²) in [4.78, 5) is 0. The first-order valence-electron chi connectivity index (χ1n) is 25.5. The molecule has 0 N–H and O–H groups in total. The van der Waals surface area contributed by atoms with Gasteiger partial charge in [0, 0.05) is 32.9 Å². The number of hydrogen-bond donors (Lipinski definition) is 0. The van der Waals surface area contributed by atoms with E-state index in [4.69, 9.17) is 0 Å². The Morgan fingerprint density at radius 1 is 0.162 bits per heavy atom. The fourth-order valence-electron chi connectivity index (χ4n) is 11.3. The van der Waals surface area contributed by atoms with E-state index in [9.17, 15) is 0 Å². The minimum atomic E-state index is 1.14. The van der Waals surface area contributed by atoms with Crippen LogP contribution in [0.5, 0.6) is 0 Å². The van der Waals surface area contributed by atoms with Crippen LogP contribution in [0.4, 0.5) is 0 Å². The molecule has 0 fully saturated rings. The van der Waals surface area contributed by atoms with Crippen LogP contribution in [0.2, 0.25) is 0 Å². The molecule has 2 heteroatoms. The van der Waals surface area contributed by atoms with Crippen LogP contribution in [0.1, 0.15) is 0 Å².